The van der Waals surface area contributed by atoms with Gasteiger partial charge in [0.1, 0.15) is 0 Å². The summed E-state index contributed by atoms with van der Waals surface area (Å²) >= 11 is 0. The fourth-order valence-electron chi connectivity index (χ4n) is 2.42. The van der Waals surface area contributed by atoms with E-state index in [0.717, 1.165) is 17.7 Å². The Labute approximate surface area is 161 Å². The normalized spacial score (nSPS) is 11.0. The molecule has 0 unspecified atom stereocenters. The number of hydrogen-bond acceptors (Lipinski definition) is 3. The minimum Gasteiger partial charge on any atom is -0.376 e. The van der Waals surface area contributed by atoms with Crippen LogP contribution in [0, 0.1) is 0 Å². The Kier molecular flexibility index (Phi) is 7.03. The van der Waals surface area contributed by atoms with Crippen molar-refractivity contribution in [2.75, 3.05) is 31.3 Å². The molecule has 0 aliphatic heterocycles. The quantitative estimate of drug-likeness (QED) is 0.753. The molecule has 0 bridgehead atoms. The van der Waals surface area contributed by atoms with E-state index in [-0.39, 0.29) is 18.1 Å². The third-order valence-corrected chi connectivity index (χ3v) is 4.01. The monoisotopic (exact) mass is 393 g/mol. The number of nitrogens with zero attached hydrogens (tertiary/aromatic N) is 1. The third kappa shape index (κ3) is 6.61. The molecule has 0 radical (unpaired) electrons. The van der Waals surface area contributed by atoms with E-state index in [1.807, 2.05) is 12.1 Å². The molecule has 0 saturated heterocycles. The topological polar surface area (TPSA) is 61.4 Å². The molecule has 2 amide bonds. The molecule has 2 N–H and O–H groups in total. The molecule has 2 aromatic carbocycles. The molecule has 8 heteroatoms. The maximum atomic E-state index is 12.7. The Bertz CT molecular complexity index is 818. The number of aryl methyl sites for hydroxylation is 1. The van der Waals surface area contributed by atoms with E-state index in [1.54, 1.807) is 31.1 Å². The first kappa shape index (κ1) is 21.3. The van der Waals surface area contributed by atoms with Crippen LogP contribution < -0.4 is 10.6 Å². The SMILES string of the molecule is CN(C)C(=O)CCc1ccc(NCC(=O)Nc2cccc(C(F)(F)F)c2)cc1. The van der Waals surface area contributed by atoms with Gasteiger partial charge in [-0.2, -0.15) is 13.2 Å². The number of carbonyl (C=O) groups excluding carboxylic acids is 2. The zero-order valence-electron chi connectivity index (χ0n) is 15.6. The Morgan fingerprint density at radius 1 is 1.00 bits per heavy atom. The van der Waals surface area contributed by atoms with Gasteiger partial charge in [0, 0.05) is 31.9 Å². The number of nitrogens with one attached hydrogen (secondary N) is 2. The molecule has 0 aromatic heterocycles. The van der Waals surface area contributed by atoms with Gasteiger partial charge in [0.2, 0.25) is 11.8 Å². The van der Waals surface area contributed by atoms with Gasteiger partial charge in [-0.15, -0.1) is 0 Å². The fraction of sp³-hybridized carbons (Fsp3) is 0.300. The number of carbonyl (C=O) groups is 2. The van der Waals surface area contributed by atoms with Crippen LogP contribution in [0.15, 0.2) is 48.5 Å². The lowest BCUT2D eigenvalue weighted by atomic mass is 10.1. The van der Waals surface area contributed by atoms with Crippen LogP contribution in [-0.2, 0) is 22.2 Å². The maximum absolute atomic E-state index is 12.7. The van der Waals surface area contributed by atoms with Crippen molar-refractivity contribution in [1.82, 2.24) is 4.90 Å². The highest BCUT2D eigenvalue weighted by Gasteiger charge is 2.30. The number of benzene rings is 2. The van der Waals surface area contributed by atoms with Crippen molar-refractivity contribution in [3.8, 4) is 0 Å². The summed E-state index contributed by atoms with van der Waals surface area (Å²) in [5, 5.41) is 5.35. The highest BCUT2D eigenvalue weighted by atomic mass is 19.4. The number of amides is 2. The van der Waals surface area contributed by atoms with Crippen LogP contribution >= 0.6 is 0 Å². The average Bonchev–Trinajstić information content (AvgIpc) is 2.64. The molecule has 0 atom stereocenters. The number of rotatable bonds is 7. The largest absolute Gasteiger partial charge is 0.416 e. The molecule has 28 heavy (non-hydrogen) atoms. The predicted octanol–water partition coefficient (Wildman–Crippen LogP) is 3.78. The smallest absolute Gasteiger partial charge is 0.376 e. The van der Waals surface area contributed by atoms with E-state index in [0.29, 0.717) is 18.5 Å². The van der Waals surface area contributed by atoms with Gasteiger partial charge in [0.05, 0.1) is 12.1 Å². The first-order valence-electron chi connectivity index (χ1n) is 8.65. The Hall–Kier alpha value is -3.03. The maximum Gasteiger partial charge on any atom is 0.416 e. The van der Waals surface area contributed by atoms with Crippen LogP contribution in [0.1, 0.15) is 17.5 Å². The Morgan fingerprint density at radius 2 is 1.68 bits per heavy atom. The van der Waals surface area contributed by atoms with Gasteiger partial charge in [-0.25, -0.2) is 0 Å². The lowest BCUT2D eigenvalue weighted by molar-refractivity contribution is -0.137. The first-order chi connectivity index (χ1) is 13.1. The highest BCUT2D eigenvalue weighted by Crippen LogP contribution is 2.30. The summed E-state index contributed by atoms with van der Waals surface area (Å²) in [6, 6.07) is 11.8. The van der Waals surface area contributed by atoms with Crippen molar-refractivity contribution in [2.45, 2.75) is 19.0 Å². The minimum absolute atomic E-state index is 0.0495. The Balaban J connectivity index is 1.83. The van der Waals surface area contributed by atoms with Gasteiger partial charge in [-0.3, -0.25) is 9.59 Å². The molecule has 5 nitrogen and oxygen atoms in total. The molecule has 0 aliphatic carbocycles. The van der Waals surface area contributed by atoms with Gasteiger partial charge >= 0.3 is 6.18 Å². The van der Waals surface area contributed by atoms with Crippen LogP contribution in [0.2, 0.25) is 0 Å². The van der Waals surface area contributed by atoms with Crippen LogP contribution in [0.25, 0.3) is 0 Å². The van der Waals surface area contributed by atoms with Gasteiger partial charge in [0.15, 0.2) is 0 Å². The van der Waals surface area contributed by atoms with E-state index >= 15 is 0 Å². The third-order valence-electron chi connectivity index (χ3n) is 4.01. The Morgan fingerprint density at radius 3 is 2.29 bits per heavy atom. The van der Waals surface area contributed by atoms with E-state index in [9.17, 15) is 22.8 Å². The van der Waals surface area contributed by atoms with Crippen LogP contribution in [-0.4, -0.2) is 37.4 Å². The number of hydrogen-bond donors (Lipinski definition) is 2. The standard InChI is InChI=1S/C20H22F3N3O2/c1-26(2)19(28)11-8-14-6-9-16(10-7-14)24-13-18(27)25-17-5-3-4-15(12-17)20(21,22)23/h3-7,9-10,12,24H,8,11,13H2,1-2H3,(H,25,27). The zero-order chi connectivity index (χ0) is 20.7. The molecular formula is C20H22F3N3O2. The van der Waals surface area contributed by atoms with Crippen molar-refractivity contribution >= 4 is 23.2 Å². The van der Waals surface area contributed by atoms with Crippen molar-refractivity contribution in [1.29, 1.82) is 0 Å². The van der Waals surface area contributed by atoms with Gasteiger partial charge < -0.3 is 15.5 Å². The lowest BCUT2D eigenvalue weighted by Gasteiger charge is -2.11. The molecule has 0 saturated carbocycles. The van der Waals surface area contributed by atoms with E-state index in [2.05, 4.69) is 10.6 Å². The van der Waals surface area contributed by atoms with Gasteiger partial charge in [-0.05, 0) is 42.3 Å². The number of anilines is 2. The number of alkyl halides is 3. The predicted molar refractivity (Wildman–Crippen MR) is 102 cm³/mol. The molecule has 0 heterocycles. The molecular weight excluding hydrogens is 371 g/mol. The van der Waals surface area contributed by atoms with Crippen molar-refractivity contribution in [2.24, 2.45) is 0 Å². The van der Waals surface area contributed by atoms with Crippen LogP contribution in [0.5, 0.6) is 0 Å². The van der Waals surface area contributed by atoms with Crippen molar-refractivity contribution < 1.29 is 22.8 Å². The second-order valence-corrected chi connectivity index (χ2v) is 6.47. The summed E-state index contributed by atoms with van der Waals surface area (Å²) in [5.74, 6) is -0.409. The summed E-state index contributed by atoms with van der Waals surface area (Å²) in [6.45, 7) is -0.0886. The fourth-order valence-corrected chi connectivity index (χ4v) is 2.42. The molecule has 2 aromatic rings. The van der Waals surface area contributed by atoms with Gasteiger partial charge in [-0.1, -0.05) is 18.2 Å². The highest BCUT2D eigenvalue weighted by molar-refractivity contribution is 5.93. The summed E-state index contributed by atoms with van der Waals surface area (Å²) in [7, 11) is 3.42. The molecule has 0 fully saturated rings. The van der Waals surface area contributed by atoms with E-state index in [1.165, 1.54) is 12.1 Å². The lowest BCUT2D eigenvalue weighted by Crippen LogP contribution is -2.22. The number of halogens is 3. The van der Waals surface area contributed by atoms with Crippen molar-refractivity contribution in [3.63, 3.8) is 0 Å². The zero-order valence-corrected chi connectivity index (χ0v) is 15.6. The summed E-state index contributed by atoms with van der Waals surface area (Å²) in [5.41, 5.74) is 0.958. The van der Waals surface area contributed by atoms with E-state index in [4.69, 9.17) is 0 Å². The molecule has 0 spiro atoms. The summed E-state index contributed by atoms with van der Waals surface area (Å²) < 4.78 is 38.1. The molecule has 0 aliphatic rings. The van der Waals surface area contributed by atoms with Crippen molar-refractivity contribution in [3.05, 3.63) is 59.7 Å². The molecule has 150 valence electrons. The first-order valence-corrected chi connectivity index (χ1v) is 8.65. The minimum atomic E-state index is -4.46. The molecule has 2 rings (SSSR count). The second kappa shape index (κ2) is 9.25. The summed E-state index contributed by atoms with van der Waals surface area (Å²) in [4.78, 5) is 25.1. The van der Waals surface area contributed by atoms with Crippen LogP contribution in [0.3, 0.4) is 0 Å². The van der Waals surface area contributed by atoms with Crippen LogP contribution in [0.4, 0.5) is 24.5 Å². The van der Waals surface area contributed by atoms with Gasteiger partial charge in [0.25, 0.3) is 0 Å². The van der Waals surface area contributed by atoms with E-state index < -0.39 is 17.6 Å². The average molecular weight is 393 g/mol. The summed E-state index contributed by atoms with van der Waals surface area (Å²) in [6.07, 6.45) is -3.43. The second-order valence-electron chi connectivity index (χ2n) is 6.47.